The molecule has 0 spiro atoms. The van der Waals surface area contributed by atoms with E-state index in [-0.39, 0.29) is 18.4 Å². The van der Waals surface area contributed by atoms with Gasteiger partial charge >= 0.3 is 6.09 Å². The lowest BCUT2D eigenvalue weighted by Crippen LogP contribution is -2.47. The largest absolute Gasteiger partial charge is 0.445 e. The smallest absolute Gasteiger partial charge is 0.408 e. The Morgan fingerprint density at radius 3 is 2.59 bits per heavy atom. The van der Waals surface area contributed by atoms with Gasteiger partial charge < -0.3 is 10.1 Å². The number of hydrogen-bond donors (Lipinski definition) is 1. The van der Waals surface area contributed by atoms with Crippen molar-refractivity contribution in [2.24, 2.45) is 0 Å². The summed E-state index contributed by atoms with van der Waals surface area (Å²) >= 11 is 0. The summed E-state index contributed by atoms with van der Waals surface area (Å²) in [5, 5.41) is 2.62. The van der Waals surface area contributed by atoms with Crippen LogP contribution < -0.4 is 5.32 Å². The van der Waals surface area contributed by atoms with Gasteiger partial charge in [-0.15, -0.1) is 0 Å². The molecule has 22 heavy (non-hydrogen) atoms. The molecule has 4 heteroatoms. The number of Topliss-reactive ketones (excluding diaryl/α,β-unsaturated/α-hetero) is 1. The first-order valence-corrected chi connectivity index (χ1v) is 8.28. The average Bonchev–Trinajstić information content (AvgIpc) is 2.57. The van der Waals surface area contributed by atoms with Gasteiger partial charge in [-0.05, 0) is 36.3 Å². The van der Waals surface area contributed by atoms with Crippen LogP contribution in [0.15, 0.2) is 24.3 Å². The zero-order valence-electron chi connectivity index (χ0n) is 12.8. The molecule has 2 saturated carbocycles. The topological polar surface area (TPSA) is 55.4 Å². The highest BCUT2D eigenvalue weighted by molar-refractivity contribution is 5.92. The van der Waals surface area contributed by atoms with Gasteiger partial charge in [-0.2, -0.15) is 0 Å². The lowest BCUT2D eigenvalue weighted by atomic mass is 9.82. The second-order valence-corrected chi connectivity index (χ2v) is 6.31. The van der Waals surface area contributed by atoms with Gasteiger partial charge in [-0.3, -0.25) is 4.79 Å². The number of nitrogens with one attached hydrogen (secondary N) is 1. The van der Waals surface area contributed by atoms with E-state index in [2.05, 4.69) is 17.4 Å². The quantitative estimate of drug-likeness (QED) is 0.922. The molecule has 0 saturated heterocycles. The second kappa shape index (κ2) is 6.95. The normalized spacial score (nSPS) is 22.0. The Morgan fingerprint density at radius 2 is 1.91 bits per heavy atom. The first kappa shape index (κ1) is 15.1. The molecule has 0 aliphatic heterocycles. The van der Waals surface area contributed by atoms with E-state index < -0.39 is 6.09 Å². The van der Waals surface area contributed by atoms with E-state index in [0.717, 1.165) is 12.0 Å². The molecule has 1 aromatic rings. The number of ketones is 1. The summed E-state index contributed by atoms with van der Waals surface area (Å²) in [6.45, 7) is 0.277. The number of amides is 1. The van der Waals surface area contributed by atoms with E-state index in [4.69, 9.17) is 4.74 Å². The van der Waals surface area contributed by atoms with Gasteiger partial charge in [-0.1, -0.05) is 43.5 Å². The Bertz CT molecular complexity index is 549. The number of hydrogen-bond acceptors (Lipinski definition) is 3. The fraction of sp³-hybridized carbons (Fsp3) is 0.556. The first-order valence-electron chi connectivity index (χ1n) is 8.28. The van der Waals surface area contributed by atoms with Crippen molar-refractivity contribution in [2.75, 3.05) is 0 Å². The SMILES string of the molecule is O=C(N[C@H]1CCC1=O)OCc1ccccc1C1CCCCC1. The van der Waals surface area contributed by atoms with E-state index in [9.17, 15) is 9.59 Å². The summed E-state index contributed by atoms with van der Waals surface area (Å²) in [5.74, 6) is 0.685. The number of carbonyl (C=O) groups excluding carboxylic acids is 2. The maximum absolute atomic E-state index is 11.8. The number of carbonyl (C=O) groups is 2. The number of rotatable bonds is 4. The third-order valence-corrected chi connectivity index (χ3v) is 4.82. The van der Waals surface area contributed by atoms with Crippen molar-refractivity contribution in [2.45, 2.75) is 63.5 Å². The van der Waals surface area contributed by atoms with Gasteiger partial charge in [0.15, 0.2) is 5.78 Å². The van der Waals surface area contributed by atoms with E-state index in [1.54, 1.807) is 0 Å². The number of alkyl carbamates (subject to hydrolysis) is 1. The first-order chi connectivity index (χ1) is 10.7. The van der Waals surface area contributed by atoms with Crippen molar-refractivity contribution in [1.82, 2.24) is 5.32 Å². The highest BCUT2D eigenvalue weighted by Gasteiger charge is 2.29. The standard InChI is InChI=1S/C18H23NO3/c20-17-11-10-16(17)19-18(21)22-12-14-8-4-5-9-15(14)13-6-2-1-3-7-13/h4-5,8-9,13,16H,1-3,6-7,10-12H2,(H,19,21)/t16-/m0/s1. The van der Waals surface area contributed by atoms with Crippen LogP contribution in [0.5, 0.6) is 0 Å². The summed E-state index contributed by atoms with van der Waals surface area (Å²) < 4.78 is 5.31. The molecular formula is C18H23NO3. The maximum atomic E-state index is 11.8. The molecule has 0 radical (unpaired) electrons. The van der Waals surface area contributed by atoms with E-state index >= 15 is 0 Å². The summed E-state index contributed by atoms with van der Waals surface area (Å²) in [6, 6.07) is 7.90. The Hall–Kier alpha value is -1.84. The molecule has 1 atom stereocenters. The Morgan fingerprint density at radius 1 is 1.14 bits per heavy atom. The molecule has 0 unspecified atom stereocenters. The lowest BCUT2D eigenvalue weighted by molar-refractivity contribution is -0.126. The van der Waals surface area contributed by atoms with Crippen molar-refractivity contribution < 1.29 is 14.3 Å². The van der Waals surface area contributed by atoms with Crippen LogP contribution in [0.2, 0.25) is 0 Å². The van der Waals surface area contributed by atoms with Crippen LogP contribution in [0.25, 0.3) is 0 Å². The zero-order chi connectivity index (χ0) is 15.4. The molecule has 2 aliphatic rings. The molecule has 1 aromatic carbocycles. The molecule has 0 bridgehead atoms. The van der Waals surface area contributed by atoms with Crippen molar-refractivity contribution in [3.63, 3.8) is 0 Å². The maximum Gasteiger partial charge on any atom is 0.408 e. The predicted molar refractivity (Wildman–Crippen MR) is 83.6 cm³/mol. The van der Waals surface area contributed by atoms with Crippen LogP contribution in [0, 0.1) is 0 Å². The molecule has 1 N–H and O–H groups in total. The third kappa shape index (κ3) is 3.49. The van der Waals surface area contributed by atoms with Crippen LogP contribution in [-0.2, 0) is 16.1 Å². The number of ether oxygens (including phenoxy) is 1. The minimum atomic E-state index is -0.489. The van der Waals surface area contributed by atoms with Crippen LogP contribution in [0.4, 0.5) is 4.79 Å². The third-order valence-electron chi connectivity index (χ3n) is 4.82. The second-order valence-electron chi connectivity index (χ2n) is 6.31. The number of benzene rings is 1. The molecule has 2 aliphatic carbocycles. The van der Waals surface area contributed by atoms with Crippen molar-refractivity contribution >= 4 is 11.9 Å². The molecule has 0 aromatic heterocycles. The highest BCUT2D eigenvalue weighted by Crippen LogP contribution is 2.34. The van der Waals surface area contributed by atoms with Crippen molar-refractivity contribution in [3.05, 3.63) is 35.4 Å². The fourth-order valence-electron chi connectivity index (χ4n) is 3.36. The van der Waals surface area contributed by atoms with Gasteiger partial charge in [0.25, 0.3) is 0 Å². The van der Waals surface area contributed by atoms with Gasteiger partial charge in [-0.25, -0.2) is 4.79 Å². The van der Waals surface area contributed by atoms with Gasteiger partial charge in [0, 0.05) is 6.42 Å². The summed E-state index contributed by atoms with van der Waals surface area (Å²) in [4.78, 5) is 23.0. The molecule has 0 heterocycles. The Balaban J connectivity index is 1.57. The van der Waals surface area contributed by atoms with Crippen LogP contribution in [-0.4, -0.2) is 17.9 Å². The summed E-state index contributed by atoms with van der Waals surface area (Å²) in [6.07, 6.45) is 7.14. The Labute approximate surface area is 131 Å². The average molecular weight is 301 g/mol. The van der Waals surface area contributed by atoms with Crippen LogP contribution >= 0.6 is 0 Å². The molecule has 1 amide bonds. The molecule has 4 nitrogen and oxygen atoms in total. The van der Waals surface area contributed by atoms with Crippen LogP contribution in [0.3, 0.4) is 0 Å². The summed E-state index contributed by atoms with van der Waals surface area (Å²) in [7, 11) is 0. The van der Waals surface area contributed by atoms with E-state index in [1.165, 1.54) is 37.7 Å². The minimum absolute atomic E-state index is 0.0968. The summed E-state index contributed by atoms with van der Waals surface area (Å²) in [5.41, 5.74) is 2.40. The highest BCUT2D eigenvalue weighted by atomic mass is 16.5. The minimum Gasteiger partial charge on any atom is -0.445 e. The molecule has 3 rings (SSSR count). The molecule has 2 fully saturated rings. The van der Waals surface area contributed by atoms with Crippen LogP contribution in [0.1, 0.15) is 62.0 Å². The monoisotopic (exact) mass is 301 g/mol. The van der Waals surface area contributed by atoms with Gasteiger partial charge in [0.05, 0.1) is 6.04 Å². The van der Waals surface area contributed by atoms with Gasteiger partial charge in [0.2, 0.25) is 0 Å². The molecule has 118 valence electrons. The van der Waals surface area contributed by atoms with Crippen molar-refractivity contribution in [3.8, 4) is 0 Å². The molecular weight excluding hydrogens is 278 g/mol. The van der Waals surface area contributed by atoms with E-state index in [0.29, 0.717) is 12.3 Å². The van der Waals surface area contributed by atoms with Gasteiger partial charge in [0.1, 0.15) is 6.61 Å². The predicted octanol–water partition coefficient (Wildman–Crippen LogP) is 3.69. The zero-order valence-corrected chi connectivity index (χ0v) is 12.8. The Kier molecular flexibility index (Phi) is 4.76. The lowest BCUT2D eigenvalue weighted by Gasteiger charge is -2.25. The van der Waals surface area contributed by atoms with E-state index in [1.807, 2.05) is 12.1 Å². The fourth-order valence-corrected chi connectivity index (χ4v) is 3.36. The van der Waals surface area contributed by atoms with Crippen molar-refractivity contribution in [1.29, 1.82) is 0 Å².